The first-order valence-electron chi connectivity index (χ1n) is 4.33. The number of aryl methyl sites for hydroxylation is 1. The summed E-state index contributed by atoms with van der Waals surface area (Å²) in [4.78, 5) is 18.3. The number of hydrogen-bond acceptors (Lipinski definition) is 4. The molecule has 2 heterocycles. The molecule has 0 amide bonds. The molecule has 84 valence electrons. The average molecular weight is 279 g/mol. The van der Waals surface area contributed by atoms with Gasteiger partial charge in [0, 0.05) is 18.8 Å². The molecule has 0 fully saturated rings. The molecule has 17 heavy (non-hydrogen) atoms. The number of carboxylic acids is 1. The molecule has 6 nitrogen and oxygen atoms in total. The molecule has 0 atom stereocenters. The Morgan fingerprint density at radius 3 is 2.76 bits per heavy atom. The normalized spacial score (nSPS) is 9.76. The van der Waals surface area contributed by atoms with E-state index in [1.807, 2.05) is 0 Å². The van der Waals surface area contributed by atoms with Crippen molar-refractivity contribution in [3.8, 4) is 11.3 Å². The van der Waals surface area contributed by atoms with Gasteiger partial charge >= 0.3 is 57.4 Å². The fraction of sp³-hybridized carbons (Fsp3) is 0.111. The summed E-state index contributed by atoms with van der Waals surface area (Å²) in [7, 11) is 1.75. The van der Waals surface area contributed by atoms with Crippen molar-refractivity contribution < 1.29 is 62.7 Å². The van der Waals surface area contributed by atoms with Crippen LogP contribution >= 0.6 is 11.6 Å². The number of rotatable bonds is 2. The summed E-state index contributed by atoms with van der Waals surface area (Å²) < 4.78 is 1.59. The molecule has 2 aromatic rings. The molecular formula is C9H8ClKN4O2. The van der Waals surface area contributed by atoms with Crippen LogP contribution in [-0.4, -0.2) is 30.8 Å². The van der Waals surface area contributed by atoms with Gasteiger partial charge in [0.2, 0.25) is 5.28 Å². The van der Waals surface area contributed by atoms with Crippen molar-refractivity contribution in [3.63, 3.8) is 0 Å². The second-order valence-corrected chi connectivity index (χ2v) is 3.45. The maximum Gasteiger partial charge on any atom is 1.00 e. The van der Waals surface area contributed by atoms with Gasteiger partial charge in [-0.2, -0.15) is 5.10 Å². The summed E-state index contributed by atoms with van der Waals surface area (Å²) in [5.74, 6) is -1.14. The van der Waals surface area contributed by atoms with E-state index in [0.29, 0.717) is 11.3 Å². The van der Waals surface area contributed by atoms with Crippen molar-refractivity contribution in [2.45, 2.75) is 0 Å². The quantitative estimate of drug-likeness (QED) is 0.526. The smallest absolute Gasteiger partial charge is 1.00 e. The van der Waals surface area contributed by atoms with Crippen molar-refractivity contribution in [1.82, 2.24) is 19.7 Å². The molecule has 0 bridgehead atoms. The first-order chi connectivity index (χ1) is 7.56. The number of aromatic nitrogens is 4. The minimum absolute atomic E-state index is 0. The molecule has 2 aromatic heterocycles. The molecule has 2 rings (SSSR count). The third-order valence-electron chi connectivity index (χ3n) is 1.92. The fourth-order valence-corrected chi connectivity index (χ4v) is 1.41. The number of hydrogen-bond donors (Lipinski definition) is 1. The van der Waals surface area contributed by atoms with E-state index in [0.717, 1.165) is 0 Å². The van der Waals surface area contributed by atoms with E-state index < -0.39 is 5.97 Å². The summed E-state index contributed by atoms with van der Waals surface area (Å²) >= 11 is 5.64. The molecule has 0 saturated carbocycles. The van der Waals surface area contributed by atoms with Crippen molar-refractivity contribution in [2.75, 3.05) is 0 Å². The Morgan fingerprint density at radius 1 is 1.53 bits per heavy atom. The van der Waals surface area contributed by atoms with Gasteiger partial charge < -0.3 is 6.53 Å². The Balaban J connectivity index is 0.00000144. The number of carbonyl (C=O) groups is 1. The monoisotopic (exact) mass is 278 g/mol. The van der Waals surface area contributed by atoms with Gasteiger partial charge in [0.05, 0.1) is 11.9 Å². The maximum atomic E-state index is 10.8. The Morgan fingerprint density at radius 2 is 2.24 bits per heavy atom. The number of carboxylic acid groups (broad SMARTS) is 1. The largest absolute Gasteiger partial charge is 1.00 e. The van der Waals surface area contributed by atoms with Crippen LogP contribution < -0.4 is 51.4 Å². The van der Waals surface area contributed by atoms with E-state index in [1.54, 1.807) is 24.1 Å². The second kappa shape index (κ2) is 6.03. The predicted molar refractivity (Wildman–Crippen MR) is 57.3 cm³/mol. The first kappa shape index (κ1) is 14.7. The van der Waals surface area contributed by atoms with Crippen LogP contribution in [0.25, 0.3) is 11.3 Å². The van der Waals surface area contributed by atoms with Gasteiger partial charge in [-0.15, -0.1) is 0 Å². The fourth-order valence-electron chi connectivity index (χ4n) is 1.23. The minimum Gasteiger partial charge on any atom is -1.00 e. The molecule has 8 heteroatoms. The third-order valence-corrected chi connectivity index (χ3v) is 2.09. The van der Waals surface area contributed by atoms with Crippen molar-refractivity contribution >= 4 is 17.6 Å². The van der Waals surface area contributed by atoms with Crippen LogP contribution in [0.1, 0.15) is 11.9 Å². The number of halogens is 1. The average Bonchev–Trinajstić information content (AvgIpc) is 2.64. The Labute approximate surface area is 146 Å². The molecule has 0 unspecified atom stereocenters. The summed E-state index contributed by atoms with van der Waals surface area (Å²) in [5, 5.41) is 12.7. The molecule has 0 saturated heterocycles. The van der Waals surface area contributed by atoms with Gasteiger partial charge in [-0.3, -0.25) is 4.68 Å². The van der Waals surface area contributed by atoms with E-state index in [-0.39, 0.29) is 63.8 Å². The van der Waals surface area contributed by atoms with Gasteiger partial charge in [-0.25, -0.2) is 14.8 Å². The van der Waals surface area contributed by atoms with Crippen LogP contribution in [0.4, 0.5) is 0 Å². The molecule has 1 N–H and O–H groups in total. The van der Waals surface area contributed by atoms with E-state index in [1.165, 1.54) is 6.07 Å². The molecule has 0 aromatic carbocycles. The van der Waals surface area contributed by atoms with Crippen molar-refractivity contribution in [3.05, 3.63) is 29.4 Å². The SMILES string of the molecule is Cn1cc(-c2cc(C(=O)O)nc(Cl)n2)cn1.[H-].[K+]. The van der Waals surface area contributed by atoms with Gasteiger partial charge in [-0.05, 0) is 17.7 Å². The van der Waals surface area contributed by atoms with Crippen LogP contribution in [0.3, 0.4) is 0 Å². The molecule has 0 aliphatic heterocycles. The van der Waals surface area contributed by atoms with E-state index >= 15 is 0 Å². The Bertz CT molecular complexity index is 563. The van der Waals surface area contributed by atoms with Crippen molar-refractivity contribution in [1.29, 1.82) is 0 Å². The Kier molecular flexibility index (Phi) is 5.23. The summed E-state index contributed by atoms with van der Waals surface area (Å²) in [6.45, 7) is 0. The predicted octanol–water partition coefficient (Wildman–Crippen LogP) is -1.65. The Hall–Kier alpha value is -0.314. The van der Waals surface area contributed by atoms with E-state index in [9.17, 15) is 4.79 Å². The van der Waals surface area contributed by atoms with Gasteiger partial charge in [-0.1, -0.05) is 0 Å². The number of nitrogens with zero attached hydrogens (tertiary/aromatic N) is 4. The molecular weight excluding hydrogens is 271 g/mol. The standard InChI is InChI=1S/C9H7ClN4O2.K.H/c1-14-4-5(3-11-14)6-2-7(8(15)16)13-9(10)12-6;;/h2-4H,1H3,(H,15,16);;/q;+1;-1. The maximum absolute atomic E-state index is 10.8. The van der Waals surface area contributed by atoms with Gasteiger partial charge in [0.1, 0.15) is 0 Å². The molecule has 0 spiro atoms. The second-order valence-electron chi connectivity index (χ2n) is 3.12. The zero-order chi connectivity index (χ0) is 11.7. The summed E-state index contributed by atoms with van der Waals surface area (Å²) in [6.07, 6.45) is 3.29. The summed E-state index contributed by atoms with van der Waals surface area (Å²) in [6, 6.07) is 1.35. The van der Waals surface area contributed by atoms with Crippen molar-refractivity contribution in [2.24, 2.45) is 7.05 Å². The third kappa shape index (κ3) is 3.57. The topological polar surface area (TPSA) is 80.9 Å². The zero-order valence-corrected chi connectivity index (χ0v) is 13.1. The minimum atomic E-state index is -1.14. The molecule has 0 radical (unpaired) electrons. The summed E-state index contributed by atoms with van der Waals surface area (Å²) in [5.41, 5.74) is 0.985. The number of aromatic carboxylic acids is 1. The van der Waals surface area contributed by atoms with Crippen LogP contribution in [0.2, 0.25) is 5.28 Å². The molecule has 0 aliphatic rings. The van der Waals surface area contributed by atoms with E-state index in [2.05, 4.69) is 15.1 Å². The van der Waals surface area contributed by atoms with Crippen LogP contribution in [0, 0.1) is 0 Å². The van der Waals surface area contributed by atoms with Crippen LogP contribution in [0.15, 0.2) is 18.5 Å². The van der Waals surface area contributed by atoms with Gasteiger partial charge in [0.15, 0.2) is 5.69 Å². The first-order valence-corrected chi connectivity index (χ1v) is 4.71. The van der Waals surface area contributed by atoms with Crippen LogP contribution in [0.5, 0.6) is 0 Å². The van der Waals surface area contributed by atoms with Crippen LogP contribution in [-0.2, 0) is 7.05 Å². The molecule has 0 aliphatic carbocycles. The van der Waals surface area contributed by atoms with Gasteiger partial charge in [0.25, 0.3) is 0 Å². The van der Waals surface area contributed by atoms with E-state index in [4.69, 9.17) is 16.7 Å². The zero-order valence-electron chi connectivity index (χ0n) is 10.3.